The molecule has 0 spiro atoms. The summed E-state index contributed by atoms with van der Waals surface area (Å²) < 4.78 is 33.8. The molecule has 0 aromatic carbocycles. The third-order valence-corrected chi connectivity index (χ3v) is 9.82. The average Bonchev–Trinajstić information content (AvgIpc) is 3.12. The zero-order valence-electron chi connectivity index (χ0n) is 35.2. The minimum atomic E-state index is -4.64. The second-order valence-electron chi connectivity index (χ2n) is 15.4. The Morgan fingerprint density at radius 1 is 0.574 bits per heavy atom. The van der Waals surface area contributed by atoms with Crippen LogP contribution < -0.4 is 4.89 Å². The van der Waals surface area contributed by atoms with Gasteiger partial charge in [-0.1, -0.05) is 152 Å². The van der Waals surface area contributed by atoms with Gasteiger partial charge in [-0.3, -0.25) is 14.2 Å². The fourth-order valence-electron chi connectivity index (χ4n) is 5.47. The van der Waals surface area contributed by atoms with Crippen molar-refractivity contribution in [3.63, 3.8) is 0 Å². The minimum absolute atomic E-state index is 0.0413. The van der Waals surface area contributed by atoms with Crippen molar-refractivity contribution in [3.8, 4) is 0 Å². The average molecular weight is 782 g/mol. The zero-order valence-corrected chi connectivity index (χ0v) is 36.0. The van der Waals surface area contributed by atoms with Gasteiger partial charge in [-0.15, -0.1) is 0 Å². The third kappa shape index (κ3) is 39.7. The van der Waals surface area contributed by atoms with Crippen LogP contribution in [0.4, 0.5) is 0 Å². The standard InChI is InChI=1S/C44H80NO8P/c1-6-8-10-12-14-16-18-20-21-22-23-25-27-29-31-33-35-37-44(47)53-42(41-52-54(48,49)51-39-38-45(3,4)5)40-50-43(46)36-34-32-30-28-26-24-19-17-15-13-11-9-7-2/h14,16,20-21,23,25,29,31,42H,6-13,15,17-19,22,24,26-28,30,32-41H2,1-5H3/b16-14+,21-20+,25-23+,31-29+/t42-/m1/s1. The summed E-state index contributed by atoms with van der Waals surface area (Å²) in [5.74, 6) is -0.900. The number of hydrogen-bond donors (Lipinski definition) is 0. The normalized spacial score (nSPS) is 14.1. The summed E-state index contributed by atoms with van der Waals surface area (Å²) in [5.41, 5.74) is 0. The van der Waals surface area contributed by atoms with Crippen molar-refractivity contribution >= 4 is 19.8 Å². The summed E-state index contributed by atoms with van der Waals surface area (Å²) in [6, 6.07) is 0. The van der Waals surface area contributed by atoms with E-state index < -0.39 is 32.5 Å². The van der Waals surface area contributed by atoms with Crippen molar-refractivity contribution < 1.29 is 42.1 Å². The molecule has 0 N–H and O–H groups in total. The van der Waals surface area contributed by atoms with E-state index in [-0.39, 0.29) is 26.1 Å². The molecule has 0 fully saturated rings. The first-order valence-electron chi connectivity index (χ1n) is 21.3. The van der Waals surface area contributed by atoms with E-state index in [2.05, 4.69) is 56.4 Å². The molecule has 54 heavy (non-hydrogen) atoms. The highest BCUT2D eigenvalue weighted by Gasteiger charge is 2.21. The Morgan fingerprint density at radius 2 is 1.02 bits per heavy atom. The van der Waals surface area contributed by atoms with E-state index in [1.165, 1.54) is 89.9 Å². The van der Waals surface area contributed by atoms with E-state index in [9.17, 15) is 19.0 Å². The van der Waals surface area contributed by atoms with Crippen molar-refractivity contribution in [2.24, 2.45) is 0 Å². The SMILES string of the molecule is CCCCC/C=C/C/C=C/C/C=C/C/C=C/CCCC(=O)O[C@H](COC(=O)CCCCCCCCCCCCCCC)COP(=O)([O-])OCC[N+](C)(C)C. The number of phosphoric ester groups is 1. The van der Waals surface area contributed by atoms with E-state index in [1.807, 2.05) is 27.2 Å². The van der Waals surface area contributed by atoms with Crippen LogP contribution in [-0.4, -0.2) is 70.0 Å². The zero-order chi connectivity index (χ0) is 40.0. The van der Waals surface area contributed by atoms with Gasteiger partial charge in [0, 0.05) is 12.8 Å². The molecule has 0 aliphatic rings. The number of carbonyl (C=O) groups excluding carboxylic acids is 2. The van der Waals surface area contributed by atoms with E-state index in [0.717, 1.165) is 38.5 Å². The molecule has 0 heterocycles. The van der Waals surface area contributed by atoms with Gasteiger partial charge in [-0.05, 0) is 51.4 Å². The lowest BCUT2D eigenvalue weighted by atomic mass is 10.0. The number of allylic oxidation sites excluding steroid dienone is 8. The molecule has 0 aromatic heterocycles. The van der Waals surface area contributed by atoms with Crippen molar-refractivity contribution in [1.82, 2.24) is 0 Å². The van der Waals surface area contributed by atoms with Gasteiger partial charge in [-0.25, -0.2) is 0 Å². The molecule has 0 aliphatic heterocycles. The number of hydrogen-bond acceptors (Lipinski definition) is 8. The molecule has 314 valence electrons. The lowest BCUT2D eigenvalue weighted by molar-refractivity contribution is -0.870. The quantitative estimate of drug-likeness (QED) is 0.0200. The monoisotopic (exact) mass is 782 g/mol. The van der Waals surface area contributed by atoms with Crippen LogP contribution >= 0.6 is 7.82 Å². The van der Waals surface area contributed by atoms with E-state index in [1.54, 1.807) is 0 Å². The number of nitrogens with zero attached hydrogens (tertiary/aromatic N) is 1. The van der Waals surface area contributed by atoms with E-state index >= 15 is 0 Å². The van der Waals surface area contributed by atoms with Crippen molar-refractivity contribution in [2.75, 3.05) is 47.5 Å². The Labute approximate surface area is 331 Å². The summed E-state index contributed by atoms with van der Waals surface area (Å²) in [7, 11) is 1.13. The molecule has 9 nitrogen and oxygen atoms in total. The number of rotatable bonds is 38. The molecule has 0 bridgehead atoms. The van der Waals surface area contributed by atoms with Crippen LogP contribution in [0.25, 0.3) is 0 Å². The second kappa shape index (κ2) is 36.6. The summed E-state index contributed by atoms with van der Waals surface area (Å²) in [6.07, 6.45) is 41.4. The molecule has 1 unspecified atom stereocenters. The highest BCUT2D eigenvalue weighted by atomic mass is 31.2. The van der Waals surface area contributed by atoms with Gasteiger partial charge >= 0.3 is 11.9 Å². The fraction of sp³-hybridized carbons (Fsp3) is 0.773. The smallest absolute Gasteiger partial charge is 0.306 e. The summed E-state index contributed by atoms with van der Waals surface area (Å²) in [4.78, 5) is 37.4. The molecule has 0 aromatic rings. The van der Waals surface area contributed by atoms with E-state index in [0.29, 0.717) is 23.9 Å². The van der Waals surface area contributed by atoms with Gasteiger partial charge in [0.15, 0.2) is 6.10 Å². The van der Waals surface area contributed by atoms with Crippen LogP contribution in [-0.2, 0) is 32.7 Å². The van der Waals surface area contributed by atoms with Crippen LogP contribution in [0.3, 0.4) is 0 Å². The van der Waals surface area contributed by atoms with Gasteiger partial charge in [-0.2, -0.15) is 0 Å². The van der Waals surface area contributed by atoms with E-state index in [4.69, 9.17) is 18.5 Å². The number of quaternary nitrogens is 1. The maximum Gasteiger partial charge on any atom is 0.306 e. The number of phosphoric acid groups is 1. The van der Waals surface area contributed by atoms with Crippen LogP contribution in [0, 0.1) is 0 Å². The summed E-state index contributed by atoms with van der Waals surface area (Å²) in [5, 5.41) is 0. The molecule has 0 amide bonds. The minimum Gasteiger partial charge on any atom is -0.756 e. The van der Waals surface area contributed by atoms with Gasteiger partial charge in [0.25, 0.3) is 7.82 Å². The number of esters is 2. The van der Waals surface area contributed by atoms with Gasteiger partial charge in [0.05, 0.1) is 27.7 Å². The van der Waals surface area contributed by atoms with Crippen LogP contribution in [0.1, 0.15) is 168 Å². The van der Waals surface area contributed by atoms with Crippen LogP contribution in [0.2, 0.25) is 0 Å². The molecular formula is C44H80NO8P. The first-order chi connectivity index (χ1) is 26.0. The Kier molecular flexibility index (Phi) is 35.2. The molecule has 0 rings (SSSR count). The highest BCUT2D eigenvalue weighted by Crippen LogP contribution is 2.38. The molecular weight excluding hydrogens is 701 g/mol. The molecule has 10 heteroatoms. The predicted octanol–water partition coefficient (Wildman–Crippen LogP) is 11.3. The molecule has 0 aliphatic carbocycles. The Balaban J connectivity index is 4.49. The van der Waals surface area contributed by atoms with Crippen molar-refractivity contribution in [1.29, 1.82) is 0 Å². The molecule has 0 saturated carbocycles. The summed E-state index contributed by atoms with van der Waals surface area (Å²) in [6.45, 7) is 4.12. The Morgan fingerprint density at radius 3 is 1.54 bits per heavy atom. The summed E-state index contributed by atoms with van der Waals surface area (Å²) >= 11 is 0. The van der Waals surface area contributed by atoms with Gasteiger partial charge in [0.2, 0.25) is 0 Å². The number of likely N-dealkylation sites (N-methyl/N-ethyl adjacent to an activating group) is 1. The highest BCUT2D eigenvalue weighted by molar-refractivity contribution is 7.45. The first kappa shape index (κ1) is 52.0. The maximum atomic E-state index is 12.6. The van der Waals surface area contributed by atoms with Crippen molar-refractivity contribution in [2.45, 2.75) is 174 Å². The largest absolute Gasteiger partial charge is 0.756 e. The predicted molar refractivity (Wildman–Crippen MR) is 222 cm³/mol. The van der Waals surface area contributed by atoms with Crippen molar-refractivity contribution in [3.05, 3.63) is 48.6 Å². The lowest BCUT2D eigenvalue weighted by Crippen LogP contribution is -2.37. The first-order valence-corrected chi connectivity index (χ1v) is 22.8. The number of ether oxygens (including phenoxy) is 2. The Bertz CT molecular complexity index is 1070. The second-order valence-corrected chi connectivity index (χ2v) is 16.8. The van der Waals surface area contributed by atoms with Gasteiger partial charge < -0.3 is 27.9 Å². The molecule has 2 atom stereocenters. The van der Waals surface area contributed by atoms with Crippen LogP contribution in [0.5, 0.6) is 0 Å². The number of unbranched alkanes of at least 4 members (excludes halogenated alkanes) is 16. The van der Waals surface area contributed by atoms with Gasteiger partial charge in [0.1, 0.15) is 19.8 Å². The Hall–Kier alpha value is -2.03. The fourth-order valence-corrected chi connectivity index (χ4v) is 6.20. The number of carbonyl (C=O) groups is 2. The maximum absolute atomic E-state index is 12.6. The topological polar surface area (TPSA) is 111 Å². The van der Waals surface area contributed by atoms with Crippen LogP contribution in [0.15, 0.2) is 48.6 Å². The lowest BCUT2D eigenvalue weighted by Gasteiger charge is -2.28. The molecule has 0 saturated heterocycles. The third-order valence-electron chi connectivity index (χ3n) is 8.85. The molecule has 0 radical (unpaired) electrons.